The van der Waals surface area contributed by atoms with Crippen LogP contribution in [-0.4, -0.2) is 25.8 Å². The van der Waals surface area contributed by atoms with Gasteiger partial charge in [-0.25, -0.2) is 0 Å². The van der Waals surface area contributed by atoms with Gasteiger partial charge in [0.25, 0.3) is 0 Å². The molecule has 0 heterocycles. The molecule has 0 aliphatic carbocycles. The van der Waals surface area contributed by atoms with Gasteiger partial charge in [0, 0.05) is 0 Å². The summed E-state index contributed by atoms with van der Waals surface area (Å²) in [7, 11) is 1.37. The van der Waals surface area contributed by atoms with Crippen LogP contribution in [-0.2, 0) is 14.3 Å². The van der Waals surface area contributed by atoms with E-state index in [9.17, 15) is 4.79 Å². The molecule has 0 saturated heterocycles. The molecule has 0 rings (SSSR count). The highest BCUT2D eigenvalue weighted by atomic mass is 16.5. The highest BCUT2D eigenvalue weighted by Gasteiger charge is 1.99. The van der Waals surface area contributed by atoms with E-state index in [1.165, 1.54) is 7.11 Å². The molecule has 0 aromatic rings. The molecule has 0 radical (unpaired) electrons. The third-order valence-electron chi connectivity index (χ3n) is 0.985. The van der Waals surface area contributed by atoms with Gasteiger partial charge in [-0.3, -0.25) is 4.79 Å². The average Bonchev–Trinajstić information content (AvgIpc) is 1.87. The summed E-state index contributed by atoms with van der Waals surface area (Å²) in [5, 5.41) is 0. The van der Waals surface area contributed by atoms with Crippen LogP contribution in [0.5, 0.6) is 0 Å². The zero-order chi connectivity index (χ0) is 7.98. The van der Waals surface area contributed by atoms with Crippen molar-refractivity contribution in [1.82, 2.24) is 0 Å². The number of hydrogen-bond donors (Lipinski definition) is 0. The molecule has 3 nitrogen and oxygen atoms in total. The van der Waals surface area contributed by atoms with E-state index in [4.69, 9.17) is 4.74 Å². The molecule has 0 bridgehead atoms. The first-order valence-electron chi connectivity index (χ1n) is 3.35. The first-order valence-corrected chi connectivity index (χ1v) is 3.35. The van der Waals surface area contributed by atoms with Crippen LogP contribution in [0.4, 0.5) is 0 Å². The molecule has 0 amide bonds. The summed E-state index contributed by atoms with van der Waals surface area (Å²) >= 11 is 0. The second kappa shape index (κ2) is 5.23. The molecule has 0 N–H and O–H groups in total. The Kier molecular flexibility index (Phi) is 4.94. The Hall–Kier alpha value is -0.570. The lowest BCUT2D eigenvalue weighted by atomic mass is 10.4. The maximum atomic E-state index is 10.5. The Morgan fingerprint density at radius 1 is 1.50 bits per heavy atom. The van der Waals surface area contributed by atoms with Gasteiger partial charge in [0.15, 0.2) is 0 Å². The second-order valence-corrected chi connectivity index (χ2v) is 2.25. The fourth-order valence-corrected chi connectivity index (χ4v) is 0.480. The summed E-state index contributed by atoms with van der Waals surface area (Å²) in [5.41, 5.74) is 0. The van der Waals surface area contributed by atoms with Gasteiger partial charge in [0.1, 0.15) is 0 Å². The van der Waals surface area contributed by atoms with Crippen molar-refractivity contribution in [3.63, 3.8) is 0 Å². The minimum Gasteiger partial charge on any atom is -0.469 e. The smallest absolute Gasteiger partial charge is 0.307 e. The number of carbonyl (C=O) groups is 1. The maximum absolute atomic E-state index is 10.5. The van der Waals surface area contributed by atoms with Gasteiger partial charge >= 0.3 is 5.97 Å². The van der Waals surface area contributed by atoms with Crippen molar-refractivity contribution in [3.05, 3.63) is 0 Å². The largest absolute Gasteiger partial charge is 0.469 e. The van der Waals surface area contributed by atoms with Crippen molar-refractivity contribution in [1.29, 1.82) is 0 Å². The summed E-state index contributed by atoms with van der Waals surface area (Å²) in [6.45, 7) is 4.30. The van der Waals surface area contributed by atoms with Crippen molar-refractivity contribution >= 4 is 5.97 Å². The van der Waals surface area contributed by atoms with Crippen LogP contribution in [0.15, 0.2) is 0 Å². The number of ether oxygens (including phenoxy) is 2. The second-order valence-electron chi connectivity index (χ2n) is 2.25. The van der Waals surface area contributed by atoms with E-state index >= 15 is 0 Å². The van der Waals surface area contributed by atoms with Gasteiger partial charge in [-0.1, -0.05) is 0 Å². The molecular weight excluding hydrogens is 132 g/mol. The van der Waals surface area contributed by atoms with Gasteiger partial charge in [0.2, 0.25) is 0 Å². The van der Waals surface area contributed by atoms with E-state index in [0.717, 1.165) is 0 Å². The molecule has 0 aromatic carbocycles. The Balaban J connectivity index is 3.12. The first-order chi connectivity index (χ1) is 4.66. The highest BCUT2D eigenvalue weighted by Crippen LogP contribution is 1.91. The molecule has 0 aromatic heterocycles. The molecule has 10 heavy (non-hydrogen) atoms. The quantitative estimate of drug-likeness (QED) is 0.554. The van der Waals surface area contributed by atoms with Gasteiger partial charge < -0.3 is 9.47 Å². The van der Waals surface area contributed by atoms with Crippen molar-refractivity contribution in [2.75, 3.05) is 13.7 Å². The Bertz CT molecular complexity index is 99.0. The van der Waals surface area contributed by atoms with Crippen molar-refractivity contribution < 1.29 is 14.3 Å². The van der Waals surface area contributed by atoms with Gasteiger partial charge in [-0.2, -0.15) is 0 Å². The minimum atomic E-state index is -0.222. The molecule has 0 unspecified atom stereocenters. The number of carbonyl (C=O) groups excluding carboxylic acids is 1. The Morgan fingerprint density at radius 2 is 2.10 bits per heavy atom. The Labute approximate surface area is 61.3 Å². The van der Waals surface area contributed by atoms with E-state index in [1.54, 1.807) is 0 Å². The monoisotopic (exact) mass is 146 g/mol. The van der Waals surface area contributed by atoms with E-state index < -0.39 is 0 Å². The lowest BCUT2D eigenvalue weighted by Crippen LogP contribution is -2.09. The third-order valence-corrected chi connectivity index (χ3v) is 0.985. The molecule has 60 valence electrons. The lowest BCUT2D eigenvalue weighted by molar-refractivity contribution is -0.142. The topological polar surface area (TPSA) is 35.5 Å². The fourth-order valence-electron chi connectivity index (χ4n) is 0.480. The van der Waals surface area contributed by atoms with Crippen molar-refractivity contribution in [2.45, 2.75) is 26.4 Å². The summed E-state index contributed by atoms with van der Waals surface area (Å²) in [5.74, 6) is -0.222. The Morgan fingerprint density at radius 3 is 2.50 bits per heavy atom. The van der Waals surface area contributed by atoms with Crippen LogP contribution in [0.2, 0.25) is 0 Å². The van der Waals surface area contributed by atoms with Crippen LogP contribution >= 0.6 is 0 Å². The highest BCUT2D eigenvalue weighted by molar-refractivity contribution is 5.69. The summed E-state index contributed by atoms with van der Waals surface area (Å²) < 4.78 is 9.53. The molecule has 0 aliphatic rings. The predicted molar refractivity (Wildman–Crippen MR) is 37.7 cm³/mol. The summed E-state index contributed by atoms with van der Waals surface area (Å²) in [6.07, 6.45) is 0.527. The summed E-state index contributed by atoms with van der Waals surface area (Å²) in [4.78, 5) is 10.5. The third kappa shape index (κ3) is 5.56. The van der Waals surface area contributed by atoms with Gasteiger partial charge in [-0.05, 0) is 13.8 Å². The molecule has 0 saturated carbocycles. The normalized spacial score (nSPS) is 10.0. The van der Waals surface area contributed by atoms with Crippen LogP contribution in [0.25, 0.3) is 0 Å². The van der Waals surface area contributed by atoms with E-state index in [0.29, 0.717) is 13.0 Å². The van der Waals surface area contributed by atoms with Crippen LogP contribution in [0.3, 0.4) is 0 Å². The average molecular weight is 146 g/mol. The van der Waals surface area contributed by atoms with E-state index in [-0.39, 0.29) is 12.1 Å². The fraction of sp³-hybridized carbons (Fsp3) is 0.857. The number of esters is 1. The summed E-state index contributed by atoms with van der Waals surface area (Å²) in [6, 6.07) is 0. The molecule has 0 aliphatic heterocycles. The minimum absolute atomic E-state index is 0.185. The van der Waals surface area contributed by atoms with Gasteiger partial charge in [-0.15, -0.1) is 0 Å². The standard InChI is InChI=1S/C7H14O3/c1-6(2)10-5-4-7(8)9-3/h6H,4-5H2,1-3H3. The molecule has 3 heteroatoms. The van der Waals surface area contributed by atoms with Crippen molar-refractivity contribution in [3.8, 4) is 0 Å². The zero-order valence-electron chi connectivity index (χ0n) is 6.72. The predicted octanol–water partition coefficient (Wildman–Crippen LogP) is 0.974. The first kappa shape index (κ1) is 9.43. The van der Waals surface area contributed by atoms with Crippen LogP contribution in [0.1, 0.15) is 20.3 Å². The van der Waals surface area contributed by atoms with Gasteiger partial charge in [0.05, 0.1) is 26.2 Å². The van der Waals surface area contributed by atoms with E-state index in [2.05, 4.69) is 4.74 Å². The van der Waals surface area contributed by atoms with Crippen molar-refractivity contribution in [2.24, 2.45) is 0 Å². The van der Waals surface area contributed by atoms with Crippen LogP contribution in [0, 0.1) is 0 Å². The molecule has 0 atom stereocenters. The molecule has 0 spiro atoms. The number of methoxy groups -OCH3 is 1. The number of rotatable bonds is 4. The maximum Gasteiger partial charge on any atom is 0.307 e. The van der Waals surface area contributed by atoms with E-state index in [1.807, 2.05) is 13.8 Å². The molecule has 0 fully saturated rings. The zero-order valence-corrected chi connectivity index (χ0v) is 6.72. The number of hydrogen-bond acceptors (Lipinski definition) is 3. The van der Waals surface area contributed by atoms with Crippen LogP contribution < -0.4 is 0 Å². The lowest BCUT2D eigenvalue weighted by Gasteiger charge is -2.05. The molecular formula is C7H14O3. The SMILES string of the molecule is COC(=O)CCOC(C)C.